The van der Waals surface area contributed by atoms with E-state index in [9.17, 15) is 4.79 Å². The summed E-state index contributed by atoms with van der Waals surface area (Å²) in [4.78, 5) is 14.8. The zero-order chi connectivity index (χ0) is 26.4. The second-order valence-corrected chi connectivity index (χ2v) is 12.2. The molecule has 38 heavy (non-hydrogen) atoms. The lowest BCUT2D eigenvalue weighted by Gasteiger charge is -2.42. The van der Waals surface area contributed by atoms with Crippen LogP contribution in [0.2, 0.25) is 0 Å². The lowest BCUT2D eigenvalue weighted by Crippen LogP contribution is -3.00. The number of nitrogens with zero attached hydrogens (tertiary/aromatic N) is 2. The van der Waals surface area contributed by atoms with E-state index in [4.69, 9.17) is 0 Å². The highest BCUT2D eigenvalue weighted by Gasteiger charge is 2.30. The van der Waals surface area contributed by atoms with Crippen LogP contribution >= 0.6 is 0 Å². The summed E-state index contributed by atoms with van der Waals surface area (Å²) in [5.41, 5.74) is 1.40. The van der Waals surface area contributed by atoms with E-state index in [2.05, 4.69) is 49.2 Å². The van der Waals surface area contributed by atoms with E-state index in [-0.39, 0.29) is 17.0 Å². The van der Waals surface area contributed by atoms with E-state index in [0.29, 0.717) is 5.91 Å². The Morgan fingerprint density at radius 3 is 1.47 bits per heavy atom. The molecule has 0 aromatic heterocycles. The minimum Gasteiger partial charge on any atom is -1.00 e. The lowest BCUT2D eigenvalue weighted by molar-refractivity contribution is -0.926. The van der Waals surface area contributed by atoms with Crippen LogP contribution in [0.5, 0.6) is 0 Å². The topological polar surface area (TPSA) is 20.3 Å². The van der Waals surface area contributed by atoms with Crippen molar-refractivity contribution in [1.82, 2.24) is 4.90 Å². The number of piperazine rings is 1. The number of likely N-dealkylation sites (N-methyl/N-ethyl adjacent to an activating group) is 1. The standard InChI is InChI=1S/C34H61N2O.BrH/c1-3-4-5-6-7-8-9-10-11-12-13-14-15-16-17-18-19-20-24-27-34(37)35-28-30-36(2,31-29-35)32-33-25-22-21-23-26-33;/h21-23,25-26H,3-20,24,27-32H2,1-2H3;1H/q+1;/p-1. The van der Waals surface area contributed by atoms with E-state index in [1.54, 1.807) is 0 Å². The molecule has 0 saturated carbocycles. The number of hydrogen-bond acceptors (Lipinski definition) is 1. The van der Waals surface area contributed by atoms with Gasteiger partial charge in [-0.15, -0.1) is 0 Å². The van der Waals surface area contributed by atoms with Gasteiger partial charge in [0.2, 0.25) is 5.91 Å². The molecule has 1 amide bonds. The van der Waals surface area contributed by atoms with E-state index in [0.717, 1.165) is 50.0 Å². The molecule has 1 heterocycles. The van der Waals surface area contributed by atoms with Gasteiger partial charge in [0.15, 0.2) is 0 Å². The van der Waals surface area contributed by atoms with Gasteiger partial charge < -0.3 is 26.4 Å². The van der Waals surface area contributed by atoms with Crippen molar-refractivity contribution < 1.29 is 26.3 Å². The number of carbonyl (C=O) groups is 1. The second-order valence-electron chi connectivity index (χ2n) is 12.2. The number of quaternary nitrogens is 1. The van der Waals surface area contributed by atoms with Crippen molar-refractivity contribution in [2.45, 2.75) is 142 Å². The highest BCUT2D eigenvalue weighted by molar-refractivity contribution is 5.76. The van der Waals surface area contributed by atoms with Gasteiger partial charge in [0.1, 0.15) is 6.54 Å². The fraction of sp³-hybridized carbons (Fsp3) is 0.794. The minimum absolute atomic E-state index is 0. The maximum Gasteiger partial charge on any atom is 0.222 e. The van der Waals surface area contributed by atoms with Gasteiger partial charge in [0.05, 0.1) is 33.2 Å². The van der Waals surface area contributed by atoms with Crippen molar-refractivity contribution in [2.75, 3.05) is 33.2 Å². The number of carbonyl (C=O) groups excluding carboxylic acids is 1. The first kappa shape index (κ1) is 35.2. The van der Waals surface area contributed by atoms with E-state index in [1.165, 1.54) is 121 Å². The number of rotatable bonds is 22. The molecule has 0 radical (unpaired) electrons. The van der Waals surface area contributed by atoms with Gasteiger partial charge >= 0.3 is 0 Å². The van der Waals surface area contributed by atoms with Crippen molar-refractivity contribution in [3.63, 3.8) is 0 Å². The van der Waals surface area contributed by atoms with Crippen LogP contribution in [0.25, 0.3) is 0 Å². The summed E-state index contributed by atoms with van der Waals surface area (Å²) in [6.07, 6.45) is 27.2. The lowest BCUT2D eigenvalue weighted by atomic mass is 10.0. The Bertz CT molecular complexity index is 672. The first-order chi connectivity index (χ1) is 18.1. The molecule has 1 saturated heterocycles. The molecule has 1 aliphatic heterocycles. The van der Waals surface area contributed by atoms with Crippen molar-refractivity contribution in [3.8, 4) is 0 Å². The zero-order valence-electron chi connectivity index (χ0n) is 25.2. The van der Waals surface area contributed by atoms with Crippen LogP contribution in [0.1, 0.15) is 141 Å². The van der Waals surface area contributed by atoms with Gasteiger partial charge in [-0.25, -0.2) is 0 Å². The number of benzene rings is 1. The monoisotopic (exact) mass is 592 g/mol. The molecule has 0 N–H and O–H groups in total. The van der Waals surface area contributed by atoms with Gasteiger partial charge in [0.25, 0.3) is 0 Å². The summed E-state index contributed by atoms with van der Waals surface area (Å²) in [7, 11) is 2.34. The molecule has 1 fully saturated rings. The highest BCUT2D eigenvalue weighted by atomic mass is 79.9. The Morgan fingerprint density at radius 1 is 0.658 bits per heavy atom. The third-order valence-electron chi connectivity index (χ3n) is 8.57. The molecule has 4 heteroatoms. The molecule has 0 unspecified atom stereocenters. The molecule has 1 aromatic rings. The second kappa shape index (κ2) is 22.9. The first-order valence-corrected chi connectivity index (χ1v) is 16.3. The maximum atomic E-state index is 12.7. The fourth-order valence-corrected chi connectivity index (χ4v) is 5.89. The summed E-state index contributed by atoms with van der Waals surface area (Å²) in [5.74, 6) is 0.387. The molecular formula is C34H61BrN2O. The molecule has 0 atom stereocenters. The Balaban J connectivity index is 0.00000722. The van der Waals surface area contributed by atoms with Crippen molar-refractivity contribution in [1.29, 1.82) is 0 Å². The molecular weight excluding hydrogens is 532 g/mol. The van der Waals surface area contributed by atoms with Gasteiger partial charge in [-0.1, -0.05) is 153 Å². The van der Waals surface area contributed by atoms with Crippen molar-refractivity contribution >= 4 is 5.91 Å². The normalized spacial score (nSPS) is 14.8. The van der Waals surface area contributed by atoms with Crippen LogP contribution in [-0.2, 0) is 11.3 Å². The molecule has 1 aliphatic rings. The highest BCUT2D eigenvalue weighted by Crippen LogP contribution is 2.18. The summed E-state index contributed by atoms with van der Waals surface area (Å²) in [6.45, 7) is 7.34. The van der Waals surface area contributed by atoms with Gasteiger partial charge in [-0.3, -0.25) is 4.79 Å². The van der Waals surface area contributed by atoms with Crippen LogP contribution in [0.4, 0.5) is 0 Å². The Kier molecular flexibility index (Phi) is 21.2. The van der Waals surface area contributed by atoms with Crippen molar-refractivity contribution in [3.05, 3.63) is 35.9 Å². The summed E-state index contributed by atoms with van der Waals surface area (Å²) < 4.78 is 1.05. The average Bonchev–Trinajstić information content (AvgIpc) is 2.90. The first-order valence-electron chi connectivity index (χ1n) is 16.3. The molecule has 0 aliphatic carbocycles. The SMILES string of the molecule is CCCCCCCCCCCCCCCCCCCCCC(=O)N1CC[N+](C)(Cc2ccccc2)CC1.[Br-]. The molecule has 1 aromatic carbocycles. The van der Waals surface area contributed by atoms with Gasteiger partial charge in [-0.2, -0.15) is 0 Å². The summed E-state index contributed by atoms with van der Waals surface area (Å²) >= 11 is 0. The van der Waals surface area contributed by atoms with Crippen LogP contribution < -0.4 is 17.0 Å². The van der Waals surface area contributed by atoms with Crippen molar-refractivity contribution in [2.24, 2.45) is 0 Å². The maximum absolute atomic E-state index is 12.7. The van der Waals surface area contributed by atoms with E-state index in [1.807, 2.05) is 0 Å². The Hall–Kier alpha value is -0.870. The minimum atomic E-state index is 0. The van der Waals surface area contributed by atoms with Crippen LogP contribution in [-0.4, -0.2) is 48.5 Å². The molecule has 0 spiro atoms. The smallest absolute Gasteiger partial charge is 0.222 e. The van der Waals surface area contributed by atoms with E-state index < -0.39 is 0 Å². The van der Waals surface area contributed by atoms with Crippen LogP contribution in [0, 0.1) is 0 Å². The van der Waals surface area contributed by atoms with E-state index >= 15 is 0 Å². The number of amides is 1. The fourth-order valence-electron chi connectivity index (χ4n) is 5.89. The Morgan fingerprint density at radius 2 is 1.05 bits per heavy atom. The van der Waals surface area contributed by atoms with Gasteiger partial charge in [-0.05, 0) is 6.42 Å². The number of hydrogen-bond donors (Lipinski definition) is 0. The molecule has 2 rings (SSSR count). The molecule has 0 bridgehead atoms. The quantitative estimate of drug-likeness (QED) is 0.114. The molecule has 220 valence electrons. The Labute approximate surface area is 247 Å². The predicted molar refractivity (Wildman–Crippen MR) is 161 cm³/mol. The third-order valence-corrected chi connectivity index (χ3v) is 8.57. The van der Waals surface area contributed by atoms with Crippen LogP contribution in [0.3, 0.4) is 0 Å². The predicted octanol–water partition coefficient (Wildman–Crippen LogP) is 6.30. The summed E-state index contributed by atoms with van der Waals surface area (Å²) in [6, 6.07) is 10.8. The number of halogens is 1. The average molecular weight is 594 g/mol. The third kappa shape index (κ3) is 17.0. The largest absolute Gasteiger partial charge is 1.00 e. The zero-order valence-corrected chi connectivity index (χ0v) is 26.8. The summed E-state index contributed by atoms with van der Waals surface area (Å²) in [5, 5.41) is 0. The molecule has 3 nitrogen and oxygen atoms in total. The van der Waals surface area contributed by atoms with Crippen LogP contribution in [0.15, 0.2) is 30.3 Å². The van der Waals surface area contributed by atoms with Gasteiger partial charge in [0, 0.05) is 12.0 Å². The number of unbranched alkanes of at least 4 members (excludes halogenated alkanes) is 18.